The van der Waals surface area contributed by atoms with E-state index in [1.165, 1.54) is 18.2 Å². The zero-order valence-electron chi connectivity index (χ0n) is 9.09. The summed E-state index contributed by atoms with van der Waals surface area (Å²) in [6.45, 7) is 0.0512. The molecule has 0 aromatic heterocycles. The first-order valence-electron chi connectivity index (χ1n) is 5.09. The van der Waals surface area contributed by atoms with Crippen LogP contribution in [0.15, 0.2) is 40.9 Å². The van der Waals surface area contributed by atoms with Crippen molar-refractivity contribution in [2.75, 3.05) is 0 Å². The van der Waals surface area contributed by atoms with Crippen LogP contribution in [0.4, 0.5) is 8.78 Å². The van der Waals surface area contributed by atoms with Gasteiger partial charge >= 0.3 is 0 Å². The molecule has 2 aromatic carbocycles. The minimum atomic E-state index is -0.619. The third-order valence-electron chi connectivity index (χ3n) is 2.33. The molecule has 2 aromatic rings. The summed E-state index contributed by atoms with van der Waals surface area (Å²) in [7, 11) is 0. The lowest BCUT2D eigenvalue weighted by atomic mass is 10.2. The van der Waals surface area contributed by atoms with Gasteiger partial charge in [-0.15, -0.1) is 0 Å². The third kappa shape index (κ3) is 2.82. The SMILES string of the molecule is Fc1cccc(COc2cccc(Cl)c2F)c1Br. The van der Waals surface area contributed by atoms with Crippen LogP contribution in [0.1, 0.15) is 5.56 Å². The number of rotatable bonds is 3. The average Bonchev–Trinajstić information content (AvgIpc) is 2.36. The highest BCUT2D eigenvalue weighted by Crippen LogP contribution is 2.26. The predicted octanol–water partition coefficient (Wildman–Crippen LogP) is 4.96. The van der Waals surface area contributed by atoms with E-state index >= 15 is 0 Å². The molecule has 0 aliphatic rings. The fourth-order valence-electron chi connectivity index (χ4n) is 1.41. The molecule has 0 radical (unpaired) electrons. The largest absolute Gasteiger partial charge is 0.486 e. The quantitative estimate of drug-likeness (QED) is 0.771. The zero-order valence-corrected chi connectivity index (χ0v) is 11.4. The molecule has 0 aliphatic heterocycles. The van der Waals surface area contributed by atoms with Gasteiger partial charge in [0.25, 0.3) is 0 Å². The molecule has 5 heteroatoms. The zero-order chi connectivity index (χ0) is 13.1. The van der Waals surface area contributed by atoms with E-state index in [2.05, 4.69) is 15.9 Å². The molecule has 0 heterocycles. The van der Waals surface area contributed by atoms with Crippen molar-refractivity contribution in [3.63, 3.8) is 0 Å². The van der Waals surface area contributed by atoms with E-state index in [0.29, 0.717) is 10.0 Å². The number of benzene rings is 2. The maximum atomic E-state index is 13.5. The molecular weight excluding hydrogens is 325 g/mol. The van der Waals surface area contributed by atoms with Crippen molar-refractivity contribution in [2.45, 2.75) is 6.61 Å². The first kappa shape index (κ1) is 13.3. The van der Waals surface area contributed by atoms with Gasteiger partial charge in [-0.05, 0) is 34.1 Å². The molecule has 0 unspecified atom stereocenters. The van der Waals surface area contributed by atoms with Crippen LogP contribution in [-0.4, -0.2) is 0 Å². The predicted molar refractivity (Wildman–Crippen MR) is 69.8 cm³/mol. The summed E-state index contributed by atoms with van der Waals surface area (Å²) >= 11 is 8.74. The van der Waals surface area contributed by atoms with Gasteiger partial charge in [-0.1, -0.05) is 29.8 Å². The lowest BCUT2D eigenvalue weighted by molar-refractivity contribution is 0.289. The summed E-state index contributed by atoms with van der Waals surface area (Å²) in [5, 5.41) is -0.00851. The molecule has 0 N–H and O–H groups in total. The van der Waals surface area contributed by atoms with Gasteiger partial charge in [0.05, 0.1) is 9.50 Å². The molecule has 0 saturated heterocycles. The highest BCUT2D eigenvalue weighted by molar-refractivity contribution is 9.10. The lowest BCUT2D eigenvalue weighted by Crippen LogP contribution is -1.99. The van der Waals surface area contributed by atoms with Crippen LogP contribution >= 0.6 is 27.5 Å². The fraction of sp³-hybridized carbons (Fsp3) is 0.0769. The van der Waals surface area contributed by atoms with Crippen LogP contribution in [0.2, 0.25) is 5.02 Å². The maximum Gasteiger partial charge on any atom is 0.183 e. The Morgan fingerprint density at radius 2 is 1.83 bits per heavy atom. The van der Waals surface area contributed by atoms with Crippen molar-refractivity contribution in [1.29, 1.82) is 0 Å². The molecule has 0 spiro atoms. The first-order chi connectivity index (χ1) is 8.59. The van der Waals surface area contributed by atoms with Gasteiger partial charge in [-0.2, -0.15) is 0 Å². The standard InChI is InChI=1S/C13H8BrClF2O/c14-12-8(3-1-5-10(12)16)7-18-11-6-2-4-9(15)13(11)17/h1-6H,7H2. The maximum absolute atomic E-state index is 13.5. The van der Waals surface area contributed by atoms with Crippen LogP contribution in [0, 0.1) is 11.6 Å². The smallest absolute Gasteiger partial charge is 0.183 e. The Balaban J connectivity index is 2.17. The van der Waals surface area contributed by atoms with E-state index in [9.17, 15) is 8.78 Å². The van der Waals surface area contributed by atoms with E-state index in [0.717, 1.165) is 0 Å². The minimum absolute atomic E-state index is 0.00851. The van der Waals surface area contributed by atoms with Gasteiger partial charge in [0.2, 0.25) is 0 Å². The molecular formula is C13H8BrClF2O. The highest BCUT2D eigenvalue weighted by atomic mass is 79.9. The number of ether oxygens (including phenoxy) is 1. The van der Waals surface area contributed by atoms with Crippen LogP contribution in [-0.2, 0) is 6.61 Å². The normalized spacial score (nSPS) is 10.4. The molecule has 0 fully saturated rings. The highest BCUT2D eigenvalue weighted by Gasteiger charge is 2.09. The third-order valence-corrected chi connectivity index (χ3v) is 3.51. The topological polar surface area (TPSA) is 9.23 Å². The van der Waals surface area contributed by atoms with Gasteiger partial charge in [0, 0.05) is 5.56 Å². The molecule has 0 aliphatic carbocycles. The summed E-state index contributed by atoms with van der Waals surface area (Å²) in [5.41, 5.74) is 0.592. The lowest BCUT2D eigenvalue weighted by Gasteiger charge is -2.09. The summed E-state index contributed by atoms with van der Waals surface area (Å²) in [5.74, 6) is -0.965. The second kappa shape index (κ2) is 5.67. The summed E-state index contributed by atoms with van der Waals surface area (Å²) in [6.07, 6.45) is 0. The summed E-state index contributed by atoms with van der Waals surface area (Å²) in [4.78, 5) is 0. The summed E-state index contributed by atoms with van der Waals surface area (Å²) in [6, 6.07) is 9.06. The molecule has 0 saturated carbocycles. The van der Waals surface area contributed by atoms with Gasteiger partial charge in [0.15, 0.2) is 11.6 Å². The average molecular weight is 334 g/mol. The van der Waals surface area contributed by atoms with E-state index in [-0.39, 0.29) is 23.2 Å². The fourth-order valence-corrected chi connectivity index (χ4v) is 1.96. The molecule has 0 bridgehead atoms. The Kier molecular flexibility index (Phi) is 4.19. The molecule has 0 atom stereocenters. The van der Waals surface area contributed by atoms with Gasteiger partial charge < -0.3 is 4.74 Å². The van der Waals surface area contributed by atoms with Crippen molar-refractivity contribution >= 4 is 27.5 Å². The first-order valence-corrected chi connectivity index (χ1v) is 6.26. The second-order valence-corrected chi connectivity index (χ2v) is 4.75. The molecule has 2 rings (SSSR count). The van der Waals surface area contributed by atoms with Crippen LogP contribution in [0.25, 0.3) is 0 Å². The van der Waals surface area contributed by atoms with E-state index in [1.807, 2.05) is 0 Å². The van der Waals surface area contributed by atoms with Crippen molar-refractivity contribution in [1.82, 2.24) is 0 Å². The molecule has 1 nitrogen and oxygen atoms in total. The van der Waals surface area contributed by atoms with Gasteiger partial charge in [-0.3, -0.25) is 0 Å². The monoisotopic (exact) mass is 332 g/mol. The van der Waals surface area contributed by atoms with E-state index < -0.39 is 5.82 Å². The number of halogens is 4. The Morgan fingerprint density at radius 1 is 1.11 bits per heavy atom. The Bertz CT molecular complexity index is 523. The summed E-state index contributed by atoms with van der Waals surface area (Å²) < 4.78 is 32.4. The van der Waals surface area contributed by atoms with Gasteiger partial charge in [-0.25, -0.2) is 8.78 Å². The van der Waals surface area contributed by atoms with Crippen molar-refractivity contribution in [3.8, 4) is 5.75 Å². The second-order valence-electron chi connectivity index (χ2n) is 3.55. The van der Waals surface area contributed by atoms with Crippen LogP contribution < -0.4 is 4.74 Å². The van der Waals surface area contributed by atoms with E-state index in [4.69, 9.17) is 16.3 Å². The molecule has 94 valence electrons. The van der Waals surface area contributed by atoms with Crippen molar-refractivity contribution in [2.24, 2.45) is 0 Å². The van der Waals surface area contributed by atoms with Crippen molar-refractivity contribution < 1.29 is 13.5 Å². The Hall–Kier alpha value is -1.13. The molecule has 18 heavy (non-hydrogen) atoms. The van der Waals surface area contributed by atoms with E-state index in [1.54, 1.807) is 18.2 Å². The Labute approximate surface area is 116 Å². The van der Waals surface area contributed by atoms with Crippen LogP contribution in [0.5, 0.6) is 5.75 Å². The molecule has 0 amide bonds. The van der Waals surface area contributed by atoms with Crippen LogP contribution in [0.3, 0.4) is 0 Å². The minimum Gasteiger partial charge on any atom is -0.486 e. The number of hydrogen-bond acceptors (Lipinski definition) is 1. The van der Waals surface area contributed by atoms with Crippen molar-refractivity contribution in [3.05, 3.63) is 63.1 Å². The number of hydrogen-bond donors (Lipinski definition) is 0. The van der Waals surface area contributed by atoms with Gasteiger partial charge in [0.1, 0.15) is 12.4 Å². The Morgan fingerprint density at radius 3 is 2.61 bits per heavy atom.